The van der Waals surface area contributed by atoms with Crippen LogP contribution in [0.4, 0.5) is 14.6 Å². The number of alkyl halides is 2. The fourth-order valence-electron chi connectivity index (χ4n) is 5.11. The zero-order valence-electron chi connectivity index (χ0n) is 19.8. The Kier molecular flexibility index (Phi) is 6.48. The number of aromatic nitrogens is 4. The third-order valence-electron chi connectivity index (χ3n) is 7.08. The van der Waals surface area contributed by atoms with Crippen LogP contribution in [-0.2, 0) is 11.2 Å². The van der Waals surface area contributed by atoms with E-state index in [1.165, 1.54) is 17.5 Å². The average Bonchev–Trinajstić information content (AvgIpc) is 3.28. The Morgan fingerprint density at radius 2 is 1.97 bits per heavy atom. The largest absolute Gasteiger partial charge is 0.356 e. The number of fused-ring (bicyclic) bond motifs is 1. The summed E-state index contributed by atoms with van der Waals surface area (Å²) >= 11 is 0. The normalized spacial score (nSPS) is 23.3. The van der Waals surface area contributed by atoms with Crippen LogP contribution in [0.15, 0.2) is 36.8 Å². The molecule has 2 unspecified atom stereocenters. The van der Waals surface area contributed by atoms with Gasteiger partial charge in [0.1, 0.15) is 12.1 Å². The fraction of sp³-hybridized carbons (Fsp3) is 0.560. The highest BCUT2D eigenvalue weighted by Gasteiger charge is 2.47. The van der Waals surface area contributed by atoms with E-state index in [0.717, 1.165) is 25.7 Å². The van der Waals surface area contributed by atoms with E-state index in [2.05, 4.69) is 39.3 Å². The lowest BCUT2D eigenvalue weighted by molar-refractivity contribution is -0.0803. The molecule has 2 fully saturated rings. The van der Waals surface area contributed by atoms with Gasteiger partial charge in [0.15, 0.2) is 11.9 Å². The van der Waals surface area contributed by atoms with Crippen LogP contribution < -0.4 is 4.90 Å². The van der Waals surface area contributed by atoms with Crippen molar-refractivity contribution in [1.29, 1.82) is 0 Å². The molecule has 1 aromatic carbocycles. The molecule has 0 spiro atoms. The molecule has 0 N–H and O–H groups in total. The van der Waals surface area contributed by atoms with Crippen molar-refractivity contribution in [3.8, 4) is 0 Å². The second-order valence-electron chi connectivity index (χ2n) is 9.53. The SMILES string of the molecule is Cc1ccc(CCN2CCC(N(C)c3ncnc4c3cnn4C3CCCCO3)C(F)(F)C2)cc1. The number of benzene rings is 1. The van der Waals surface area contributed by atoms with Crippen molar-refractivity contribution >= 4 is 16.9 Å². The minimum atomic E-state index is -2.86. The van der Waals surface area contributed by atoms with E-state index in [1.54, 1.807) is 22.8 Å². The highest BCUT2D eigenvalue weighted by molar-refractivity contribution is 5.86. The average molecular weight is 471 g/mol. The summed E-state index contributed by atoms with van der Waals surface area (Å²) in [6, 6.07) is 7.35. The number of likely N-dealkylation sites (tertiary alicyclic amines) is 1. The molecule has 2 aliphatic heterocycles. The number of anilines is 1. The highest BCUT2D eigenvalue weighted by Crippen LogP contribution is 2.35. The smallest absolute Gasteiger partial charge is 0.280 e. The monoisotopic (exact) mass is 470 g/mol. The Hall–Kier alpha value is -2.65. The van der Waals surface area contributed by atoms with Gasteiger partial charge >= 0.3 is 0 Å². The van der Waals surface area contributed by atoms with Gasteiger partial charge in [-0.2, -0.15) is 5.10 Å². The Morgan fingerprint density at radius 1 is 1.15 bits per heavy atom. The van der Waals surface area contributed by atoms with E-state index in [-0.39, 0.29) is 12.8 Å². The number of nitrogens with zero attached hydrogens (tertiary/aromatic N) is 6. The first kappa shape index (κ1) is 23.1. The molecule has 0 amide bonds. The summed E-state index contributed by atoms with van der Waals surface area (Å²) in [6.45, 7) is 3.74. The maximum absolute atomic E-state index is 15.4. The summed E-state index contributed by atoms with van der Waals surface area (Å²) in [5.74, 6) is -2.37. The first-order valence-corrected chi connectivity index (χ1v) is 12.1. The van der Waals surface area contributed by atoms with Crippen molar-refractivity contribution in [2.45, 2.75) is 57.2 Å². The predicted octanol–water partition coefficient (Wildman–Crippen LogP) is 4.22. The van der Waals surface area contributed by atoms with Crippen LogP contribution in [0.2, 0.25) is 0 Å². The van der Waals surface area contributed by atoms with Gasteiger partial charge in [-0.1, -0.05) is 29.8 Å². The number of hydrogen-bond acceptors (Lipinski definition) is 6. The van der Waals surface area contributed by atoms with Gasteiger partial charge < -0.3 is 9.64 Å². The standard InChI is InChI=1S/C25H32F2N6O/c1-18-6-8-19(9-7-18)10-12-32-13-11-21(25(26,27)16-32)31(2)23-20-15-30-33(24(20)29-17-28-23)22-5-3-4-14-34-22/h6-9,15,17,21-22H,3-5,10-14,16H2,1-2H3. The van der Waals surface area contributed by atoms with E-state index < -0.39 is 12.0 Å². The molecular weight excluding hydrogens is 438 g/mol. The van der Waals surface area contributed by atoms with Crippen LogP contribution in [-0.4, -0.2) is 69.9 Å². The predicted molar refractivity (Wildman–Crippen MR) is 127 cm³/mol. The molecule has 34 heavy (non-hydrogen) atoms. The summed E-state index contributed by atoms with van der Waals surface area (Å²) in [4.78, 5) is 12.3. The zero-order valence-corrected chi connectivity index (χ0v) is 19.8. The lowest BCUT2D eigenvalue weighted by Gasteiger charge is -2.42. The van der Waals surface area contributed by atoms with Crippen molar-refractivity contribution < 1.29 is 13.5 Å². The van der Waals surface area contributed by atoms with E-state index in [9.17, 15) is 0 Å². The third-order valence-corrected chi connectivity index (χ3v) is 7.08. The number of rotatable bonds is 6. The minimum Gasteiger partial charge on any atom is -0.356 e. The van der Waals surface area contributed by atoms with Crippen LogP contribution in [0.1, 0.15) is 43.0 Å². The second-order valence-corrected chi connectivity index (χ2v) is 9.53. The molecule has 2 atom stereocenters. The molecule has 9 heteroatoms. The molecule has 4 heterocycles. The first-order valence-electron chi connectivity index (χ1n) is 12.1. The van der Waals surface area contributed by atoms with Crippen LogP contribution in [0.3, 0.4) is 0 Å². The Morgan fingerprint density at radius 3 is 2.71 bits per heavy atom. The van der Waals surface area contributed by atoms with E-state index in [1.807, 2.05) is 11.8 Å². The molecule has 0 radical (unpaired) electrons. The van der Waals surface area contributed by atoms with Crippen molar-refractivity contribution in [3.63, 3.8) is 0 Å². The molecular formula is C25H32F2N6O. The Labute approximate surface area is 198 Å². The van der Waals surface area contributed by atoms with Gasteiger partial charge in [0.05, 0.1) is 24.2 Å². The molecule has 0 aliphatic carbocycles. The lowest BCUT2D eigenvalue weighted by atomic mass is 9.98. The summed E-state index contributed by atoms with van der Waals surface area (Å²) in [5.41, 5.74) is 3.01. The van der Waals surface area contributed by atoms with Gasteiger partial charge in [-0.25, -0.2) is 23.4 Å². The van der Waals surface area contributed by atoms with E-state index in [4.69, 9.17) is 4.74 Å². The maximum atomic E-state index is 15.4. The molecule has 7 nitrogen and oxygen atoms in total. The van der Waals surface area contributed by atoms with Crippen molar-refractivity contribution in [1.82, 2.24) is 24.6 Å². The molecule has 2 saturated heterocycles. The van der Waals surface area contributed by atoms with Gasteiger partial charge in [0, 0.05) is 26.7 Å². The van der Waals surface area contributed by atoms with Gasteiger partial charge in [0.25, 0.3) is 5.92 Å². The summed E-state index contributed by atoms with van der Waals surface area (Å²) in [5, 5.41) is 5.16. The Balaban J connectivity index is 1.29. The molecule has 2 aromatic heterocycles. The first-order chi connectivity index (χ1) is 16.4. The van der Waals surface area contributed by atoms with Gasteiger partial charge in [-0.05, 0) is 44.6 Å². The minimum absolute atomic E-state index is 0.169. The maximum Gasteiger partial charge on any atom is 0.280 e. The molecule has 0 bridgehead atoms. The number of piperidine rings is 1. The fourth-order valence-corrected chi connectivity index (χ4v) is 5.11. The number of hydrogen-bond donors (Lipinski definition) is 0. The van der Waals surface area contributed by atoms with Crippen molar-refractivity contribution in [2.75, 3.05) is 38.2 Å². The van der Waals surface area contributed by atoms with Crippen molar-refractivity contribution in [3.05, 3.63) is 47.9 Å². The quantitative estimate of drug-likeness (QED) is 0.538. The summed E-state index contributed by atoms with van der Waals surface area (Å²) in [7, 11) is 1.71. The topological polar surface area (TPSA) is 59.3 Å². The lowest BCUT2D eigenvalue weighted by Crippen LogP contribution is -2.58. The van der Waals surface area contributed by atoms with Gasteiger partial charge in [0.2, 0.25) is 0 Å². The van der Waals surface area contributed by atoms with E-state index >= 15 is 8.78 Å². The van der Waals surface area contributed by atoms with Crippen LogP contribution >= 0.6 is 0 Å². The number of aryl methyl sites for hydroxylation is 1. The zero-order chi connectivity index (χ0) is 23.7. The Bertz CT molecular complexity index is 1110. The van der Waals surface area contributed by atoms with Gasteiger partial charge in [-0.3, -0.25) is 4.90 Å². The van der Waals surface area contributed by atoms with E-state index in [0.29, 0.717) is 43.0 Å². The highest BCUT2D eigenvalue weighted by atomic mass is 19.3. The molecule has 182 valence electrons. The van der Waals surface area contributed by atoms with Crippen LogP contribution in [0.25, 0.3) is 11.0 Å². The second kappa shape index (κ2) is 9.54. The van der Waals surface area contributed by atoms with Gasteiger partial charge in [-0.15, -0.1) is 0 Å². The molecule has 2 aliphatic rings. The summed E-state index contributed by atoms with van der Waals surface area (Å²) in [6.07, 6.45) is 7.05. The third kappa shape index (κ3) is 4.63. The molecule has 5 rings (SSSR count). The van der Waals surface area contributed by atoms with Crippen LogP contribution in [0.5, 0.6) is 0 Å². The number of ether oxygens (including phenoxy) is 1. The van der Waals surface area contributed by atoms with Crippen molar-refractivity contribution in [2.24, 2.45) is 0 Å². The van der Waals surface area contributed by atoms with Crippen LogP contribution in [0, 0.1) is 6.92 Å². The summed E-state index contributed by atoms with van der Waals surface area (Å²) < 4.78 is 38.3. The molecule has 3 aromatic rings. The molecule has 0 saturated carbocycles. The number of halogens is 2.